The van der Waals surface area contributed by atoms with Gasteiger partial charge in [-0.1, -0.05) is 37.3 Å². The molecule has 3 N–H and O–H groups in total. The molecule has 0 spiro atoms. The van der Waals surface area contributed by atoms with Crippen LogP contribution in [0.25, 0.3) is 0 Å². The van der Waals surface area contributed by atoms with Crippen LogP contribution in [0.3, 0.4) is 0 Å². The lowest BCUT2D eigenvalue weighted by Gasteiger charge is -2.17. The van der Waals surface area contributed by atoms with E-state index in [1.165, 1.54) is 0 Å². The summed E-state index contributed by atoms with van der Waals surface area (Å²) in [6.07, 6.45) is 1.08. The summed E-state index contributed by atoms with van der Waals surface area (Å²) >= 11 is 0. The lowest BCUT2D eigenvalue weighted by molar-refractivity contribution is -0.122. The molecule has 1 aromatic carbocycles. The molecule has 180 valence electrons. The summed E-state index contributed by atoms with van der Waals surface area (Å²) in [5.74, 6) is -0.735. The zero-order valence-electron chi connectivity index (χ0n) is 18.9. The first-order valence-electron chi connectivity index (χ1n) is 11.0. The van der Waals surface area contributed by atoms with Gasteiger partial charge in [0.15, 0.2) is 5.78 Å². The van der Waals surface area contributed by atoms with Crippen molar-refractivity contribution in [2.24, 2.45) is 5.73 Å². The van der Waals surface area contributed by atoms with Gasteiger partial charge in [-0.25, -0.2) is 4.79 Å². The number of nitrogens with two attached hydrogens (primary N) is 1. The molecule has 1 atom stereocenters. The lowest BCUT2D eigenvalue weighted by atomic mass is 10.0. The van der Waals surface area contributed by atoms with E-state index in [4.69, 9.17) is 24.7 Å². The van der Waals surface area contributed by atoms with Gasteiger partial charge >= 0.3 is 6.09 Å². The van der Waals surface area contributed by atoms with Crippen molar-refractivity contribution >= 4 is 17.8 Å². The molecule has 0 saturated heterocycles. The predicted octanol–water partition coefficient (Wildman–Crippen LogP) is 2.36. The maximum atomic E-state index is 12.5. The highest BCUT2D eigenvalue weighted by atomic mass is 16.6. The Morgan fingerprint density at radius 3 is 2.16 bits per heavy atom. The molecular weight excluding hydrogens is 416 g/mol. The number of rotatable bonds is 19. The van der Waals surface area contributed by atoms with Crippen molar-refractivity contribution in [1.82, 2.24) is 5.32 Å². The van der Waals surface area contributed by atoms with E-state index in [2.05, 4.69) is 5.32 Å². The fourth-order valence-electron chi connectivity index (χ4n) is 2.72. The summed E-state index contributed by atoms with van der Waals surface area (Å²) in [7, 11) is 0. The van der Waals surface area contributed by atoms with Crippen LogP contribution in [0, 0.1) is 0 Å². The fraction of sp³-hybridized carbons (Fsp3) is 0.609. The normalized spacial score (nSPS) is 11.7. The highest BCUT2D eigenvalue weighted by molar-refractivity contribution is 5.88. The third kappa shape index (κ3) is 14.5. The smallest absolute Gasteiger partial charge is 0.408 e. The van der Waals surface area contributed by atoms with Crippen molar-refractivity contribution in [1.29, 1.82) is 0 Å². The minimum Gasteiger partial charge on any atom is -0.445 e. The summed E-state index contributed by atoms with van der Waals surface area (Å²) in [5.41, 5.74) is 6.02. The Hall–Kier alpha value is -2.49. The third-order valence-electron chi connectivity index (χ3n) is 4.38. The second kappa shape index (κ2) is 18.1. The van der Waals surface area contributed by atoms with Crippen LogP contribution < -0.4 is 11.1 Å². The molecule has 0 bridgehead atoms. The molecule has 32 heavy (non-hydrogen) atoms. The molecular formula is C23H36N2O7. The number of nitrogens with one attached hydrogen (secondary N) is 1. The van der Waals surface area contributed by atoms with E-state index in [9.17, 15) is 14.4 Å². The van der Waals surface area contributed by atoms with Gasteiger partial charge < -0.3 is 30.0 Å². The Morgan fingerprint density at radius 1 is 0.906 bits per heavy atom. The minimum atomic E-state index is -0.836. The van der Waals surface area contributed by atoms with Gasteiger partial charge in [0.25, 0.3) is 0 Å². The maximum Gasteiger partial charge on any atom is 0.408 e. The SMILES string of the molecule is CCCOCCOCCOCCCC(=O)[C@H](CCC(N)=O)NC(=O)OCc1ccccc1. The second-order valence-electron chi connectivity index (χ2n) is 7.17. The summed E-state index contributed by atoms with van der Waals surface area (Å²) in [6, 6.07) is 8.36. The second-order valence-corrected chi connectivity index (χ2v) is 7.17. The topological polar surface area (TPSA) is 126 Å². The zero-order valence-corrected chi connectivity index (χ0v) is 18.9. The van der Waals surface area contributed by atoms with E-state index >= 15 is 0 Å². The van der Waals surface area contributed by atoms with Gasteiger partial charge in [-0.05, 0) is 24.8 Å². The van der Waals surface area contributed by atoms with Crippen LogP contribution in [-0.4, -0.2) is 63.5 Å². The number of hydrogen-bond acceptors (Lipinski definition) is 7. The van der Waals surface area contributed by atoms with Crippen molar-refractivity contribution < 1.29 is 33.3 Å². The number of primary amides is 1. The van der Waals surface area contributed by atoms with Gasteiger partial charge in [0.2, 0.25) is 5.91 Å². The Labute approximate surface area is 189 Å². The number of hydrogen-bond donors (Lipinski definition) is 2. The molecule has 2 amide bonds. The molecule has 0 unspecified atom stereocenters. The Morgan fingerprint density at radius 2 is 1.53 bits per heavy atom. The van der Waals surface area contributed by atoms with Gasteiger partial charge in [-0.15, -0.1) is 0 Å². The van der Waals surface area contributed by atoms with E-state index in [-0.39, 0.29) is 31.7 Å². The standard InChI is InChI=1S/C23H36N2O7/c1-2-12-29-14-16-31-17-15-30-13-6-9-21(26)20(10-11-22(24)27)25-23(28)32-18-19-7-4-3-5-8-19/h3-5,7-8,20H,2,6,9-18H2,1H3,(H2,24,27)(H,25,28)/t20-/m0/s1. The van der Waals surface area contributed by atoms with E-state index < -0.39 is 18.0 Å². The van der Waals surface area contributed by atoms with Crippen LogP contribution in [0.4, 0.5) is 4.79 Å². The van der Waals surface area contributed by atoms with Gasteiger partial charge in [0.1, 0.15) is 6.61 Å². The number of amides is 2. The first-order chi connectivity index (χ1) is 15.5. The van der Waals surface area contributed by atoms with Crippen LogP contribution in [0.2, 0.25) is 0 Å². The quantitative estimate of drug-likeness (QED) is 0.309. The molecule has 0 aliphatic rings. The summed E-state index contributed by atoms with van der Waals surface area (Å²) in [6.45, 7) is 5.23. The van der Waals surface area contributed by atoms with Gasteiger partial charge in [0, 0.05) is 26.1 Å². The highest BCUT2D eigenvalue weighted by Gasteiger charge is 2.21. The molecule has 9 heteroatoms. The minimum absolute atomic E-state index is 0.00875. The van der Waals surface area contributed by atoms with Crippen LogP contribution in [0.15, 0.2) is 30.3 Å². The fourth-order valence-corrected chi connectivity index (χ4v) is 2.72. The maximum absolute atomic E-state index is 12.5. The summed E-state index contributed by atoms with van der Waals surface area (Å²) in [5, 5.41) is 2.54. The number of carbonyl (C=O) groups is 3. The number of ether oxygens (including phenoxy) is 4. The predicted molar refractivity (Wildman–Crippen MR) is 119 cm³/mol. The number of benzene rings is 1. The van der Waals surface area contributed by atoms with Crippen molar-refractivity contribution in [3.8, 4) is 0 Å². The summed E-state index contributed by atoms with van der Waals surface area (Å²) < 4.78 is 21.3. The molecule has 0 fully saturated rings. The zero-order chi connectivity index (χ0) is 23.4. The van der Waals surface area contributed by atoms with Crippen molar-refractivity contribution in [2.45, 2.75) is 51.7 Å². The molecule has 0 aromatic heterocycles. The van der Waals surface area contributed by atoms with E-state index in [1.54, 1.807) is 0 Å². The molecule has 1 aromatic rings. The third-order valence-corrected chi connectivity index (χ3v) is 4.38. The monoisotopic (exact) mass is 452 g/mol. The first kappa shape index (κ1) is 27.5. The van der Waals surface area contributed by atoms with E-state index in [0.29, 0.717) is 39.5 Å². The number of Topliss-reactive ketones (excluding diaryl/α,β-unsaturated/α-hetero) is 1. The van der Waals surface area contributed by atoms with Gasteiger partial charge in [0.05, 0.1) is 32.5 Å². The van der Waals surface area contributed by atoms with Crippen LogP contribution in [0.1, 0.15) is 44.6 Å². The molecule has 9 nitrogen and oxygen atoms in total. The van der Waals surface area contributed by atoms with Crippen LogP contribution in [-0.2, 0) is 35.1 Å². The largest absolute Gasteiger partial charge is 0.445 e. The Balaban J connectivity index is 2.25. The van der Waals surface area contributed by atoms with Crippen molar-refractivity contribution in [3.63, 3.8) is 0 Å². The average Bonchev–Trinajstić information content (AvgIpc) is 2.79. The van der Waals surface area contributed by atoms with E-state index in [0.717, 1.165) is 18.6 Å². The van der Waals surface area contributed by atoms with Gasteiger partial charge in [-0.2, -0.15) is 0 Å². The van der Waals surface area contributed by atoms with Crippen molar-refractivity contribution in [3.05, 3.63) is 35.9 Å². The highest BCUT2D eigenvalue weighted by Crippen LogP contribution is 2.06. The molecule has 0 aliphatic carbocycles. The molecule has 0 saturated carbocycles. The summed E-state index contributed by atoms with van der Waals surface area (Å²) in [4.78, 5) is 35.7. The van der Waals surface area contributed by atoms with Crippen LogP contribution in [0.5, 0.6) is 0 Å². The number of carbonyl (C=O) groups excluding carboxylic acids is 3. The number of alkyl carbamates (subject to hydrolysis) is 1. The Bertz CT molecular complexity index is 655. The molecule has 0 radical (unpaired) electrons. The lowest BCUT2D eigenvalue weighted by Crippen LogP contribution is -2.41. The first-order valence-corrected chi connectivity index (χ1v) is 11.0. The number of ketones is 1. The molecule has 0 aliphatic heterocycles. The van der Waals surface area contributed by atoms with E-state index in [1.807, 2.05) is 37.3 Å². The Kier molecular flexibility index (Phi) is 15.6. The molecule has 0 heterocycles. The average molecular weight is 453 g/mol. The van der Waals surface area contributed by atoms with Crippen molar-refractivity contribution in [2.75, 3.05) is 39.6 Å². The van der Waals surface area contributed by atoms with Crippen LogP contribution >= 0.6 is 0 Å². The molecule has 1 rings (SSSR count). The van der Waals surface area contributed by atoms with Gasteiger partial charge in [-0.3, -0.25) is 9.59 Å².